The second-order valence-corrected chi connectivity index (χ2v) is 5.48. The molecule has 3 nitrogen and oxygen atoms in total. The molecule has 0 aliphatic heterocycles. The quantitative estimate of drug-likeness (QED) is 0.725. The van der Waals surface area contributed by atoms with Crippen molar-refractivity contribution >= 4 is 22.3 Å². The first kappa shape index (κ1) is 12.1. The fraction of sp³-hybridized carbons (Fsp3) is 0.133. The van der Waals surface area contributed by atoms with E-state index in [4.69, 9.17) is 10.3 Å². The molecule has 0 fully saturated rings. The topological polar surface area (TPSA) is 52.0 Å². The molecule has 0 spiro atoms. The molecular weight excluding hydrogens is 256 g/mol. The summed E-state index contributed by atoms with van der Waals surface area (Å²) in [6, 6.07) is 12.0. The minimum absolute atomic E-state index is 0.00872. The molecular formula is C15H14N2OS. The molecule has 0 amide bonds. The summed E-state index contributed by atoms with van der Waals surface area (Å²) in [7, 11) is 0. The molecule has 2 aromatic heterocycles. The number of hydrogen-bond acceptors (Lipinski definition) is 4. The molecule has 2 heterocycles. The Morgan fingerprint density at radius 2 is 2.16 bits per heavy atom. The molecule has 19 heavy (non-hydrogen) atoms. The Labute approximate surface area is 115 Å². The summed E-state index contributed by atoms with van der Waals surface area (Å²) >= 11 is 1.66. The van der Waals surface area contributed by atoms with Crippen molar-refractivity contribution in [3.8, 4) is 10.6 Å². The molecule has 0 bridgehead atoms. The first-order valence-corrected chi connectivity index (χ1v) is 6.92. The van der Waals surface area contributed by atoms with E-state index >= 15 is 0 Å². The third-order valence-electron chi connectivity index (χ3n) is 3.02. The Morgan fingerprint density at radius 3 is 3.00 bits per heavy atom. The van der Waals surface area contributed by atoms with E-state index in [2.05, 4.69) is 17.8 Å². The average molecular weight is 270 g/mol. The number of fused-ring (bicyclic) bond motifs is 1. The first-order chi connectivity index (χ1) is 9.29. The zero-order valence-electron chi connectivity index (χ0n) is 10.4. The number of aromatic nitrogens is 1. The maximum absolute atomic E-state index is 6.08. The van der Waals surface area contributed by atoms with Gasteiger partial charge in [-0.1, -0.05) is 23.4 Å². The molecule has 3 rings (SSSR count). The highest BCUT2D eigenvalue weighted by Crippen LogP contribution is 2.35. The Morgan fingerprint density at radius 1 is 1.32 bits per heavy atom. The first-order valence-electron chi connectivity index (χ1n) is 6.10. The smallest absolute Gasteiger partial charge is 0.167 e. The second kappa shape index (κ2) is 4.99. The van der Waals surface area contributed by atoms with Gasteiger partial charge in [0.25, 0.3) is 0 Å². The van der Waals surface area contributed by atoms with Crippen LogP contribution in [-0.4, -0.2) is 5.16 Å². The monoisotopic (exact) mass is 270 g/mol. The van der Waals surface area contributed by atoms with Crippen LogP contribution in [0.1, 0.15) is 17.3 Å². The van der Waals surface area contributed by atoms with Crippen LogP contribution in [0, 0.1) is 0 Å². The summed E-state index contributed by atoms with van der Waals surface area (Å²) in [6.07, 6.45) is 2.62. The zero-order chi connectivity index (χ0) is 13.2. The minimum atomic E-state index is 0.00872. The predicted molar refractivity (Wildman–Crippen MR) is 79.1 cm³/mol. The van der Waals surface area contributed by atoms with Crippen LogP contribution in [-0.2, 0) is 0 Å². The Hall–Kier alpha value is -1.91. The van der Waals surface area contributed by atoms with E-state index in [1.54, 1.807) is 11.3 Å². The van der Waals surface area contributed by atoms with Gasteiger partial charge >= 0.3 is 0 Å². The molecule has 0 aliphatic carbocycles. The van der Waals surface area contributed by atoms with Crippen LogP contribution in [0.2, 0.25) is 0 Å². The standard InChI is InChI=1S/C15H14N2OS/c1-2-5-11(16)13-8-9-14(19-13)15-10-6-3-4-7-12(10)18-17-15/h2-4,6-9,11H,1,5,16H2. The molecule has 1 unspecified atom stereocenters. The van der Waals surface area contributed by atoms with Gasteiger partial charge in [-0.2, -0.15) is 0 Å². The lowest BCUT2D eigenvalue weighted by atomic mass is 10.2. The lowest BCUT2D eigenvalue weighted by Crippen LogP contribution is -2.06. The second-order valence-electron chi connectivity index (χ2n) is 4.36. The summed E-state index contributed by atoms with van der Waals surface area (Å²) < 4.78 is 5.33. The van der Waals surface area contributed by atoms with Crippen LogP contribution < -0.4 is 5.73 Å². The molecule has 0 radical (unpaired) electrons. The third-order valence-corrected chi connectivity index (χ3v) is 4.25. The van der Waals surface area contributed by atoms with E-state index < -0.39 is 0 Å². The zero-order valence-corrected chi connectivity index (χ0v) is 11.2. The SMILES string of the molecule is C=CCC(N)c1ccc(-c2noc3ccccc23)s1. The Balaban J connectivity index is 2.00. The van der Waals surface area contributed by atoms with E-state index in [9.17, 15) is 0 Å². The highest BCUT2D eigenvalue weighted by molar-refractivity contribution is 7.15. The average Bonchev–Trinajstić information content (AvgIpc) is 3.05. The molecule has 4 heteroatoms. The summed E-state index contributed by atoms with van der Waals surface area (Å²) in [5, 5.41) is 5.19. The molecule has 2 N–H and O–H groups in total. The normalized spacial score (nSPS) is 12.7. The number of nitrogens with two attached hydrogens (primary N) is 1. The van der Waals surface area contributed by atoms with Crippen molar-refractivity contribution in [2.75, 3.05) is 0 Å². The van der Waals surface area contributed by atoms with Gasteiger partial charge in [0, 0.05) is 10.9 Å². The highest BCUT2D eigenvalue weighted by atomic mass is 32.1. The summed E-state index contributed by atoms with van der Waals surface area (Å²) in [4.78, 5) is 2.22. The van der Waals surface area contributed by atoms with Crippen molar-refractivity contribution < 1.29 is 4.52 Å². The number of para-hydroxylation sites is 1. The highest BCUT2D eigenvalue weighted by Gasteiger charge is 2.14. The van der Waals surface area contributed by atoms with Crippen LogP contribution in [0.3, 0.4) is 0 Å². The van der Waals surface area contributed by atoms with Crippen LogP contribution >= 0.6 is 11.3 Å². The molecule has 96 valence electrons. The van der Waals surface area contributed by atoms with Crippen LogP contribution in [0.15, 0.2) is 53.6 Å². The summed E-state index contributed by atoms with van der Waals surface area (Å²) in [6.45, 7) is 3.72. The van der Waals surface area contributed by atoms with E-state index in [1.807, 2.05) is 36.4 Å². The maximum atomic E-state index is 6.08. The summed E-state index contributed by atoms with van der Waals surface area (Å²) in [5.74, 6) is 0. The van der Waals surface area contributed by atoms with Crippen molar-refractivity contribution in [3.63, 3.8) is 0 Å². The maximum Gasteiger partial charge on any atom is 0.167 e. The van der Waals surface area contributed by atoms with E-state index in [1.165, 1.54) is 0 Å². The fourth-order valence-electron chi connectivity index (χ4n) is 2.04. The lowest BCUT2D eigenvalue weighted by Gasteiger charge is -2.04. The van der Waals surface area contributed by atoms with Gasteiger partial charge in [0.1, 0.15) is 5.69 Å². The fourth-order valence-corrected chi connectivity index (χ4v) is 3.06. The van der Waals surface area contributed by atoms with Gasteiger partial charge in [0.05, 0.1) is 10.3 Å². The molecule has 0 aliphatic rings. The van der Waals surface area contributed by atoms with Gasteiger partial charge in [0.2, 0.25) is 0 Å². The molecule has 1 atom stereocenters. The lowest BCUT2D eigenvalue weighted by molar-refractivity contribution is 0.459. The molecule has 0 saturated heterocycles. The number of nitrogens with zero attached hydrogens (tertiary/aromatic N) is 1. The number of thiophene rings is 1. The van der Waals surface area contributed by atoms with Crippen LogP contribution in [0.25, 0.3) is 21.5 Å². The number of rotatable bonds is 4. The Bertz CT molecular complexity index is 714. The van der Waals surface area contributed by atoms with Crippen molar-refractivity contribution in [3.05, 3.63) is 53.9 Å². The predicted octanol–water partition coefficient (Wildman–Crippen LogP) is 4.13. The summed E-state index contributed by atoms with van der Waals surface area (Å²) in [5.41, 5.74) is 7.78. The van der Waals surface area contributed by atoms with Crippen molar-refractivity contribution in [1.29, 1.82) is 0 Å². The number of benzene rings is 1. The van der Waals surface area contributed by atoms with E-state index in [-0.39, 0.29) is 6.04 Å². The largest absolute Gasteiger partial charge is 0.356 e. The molecule has 1 aromatic carbocycles. The van der Waals surface area contributed by atoms with Gasteiger partial charge in [0.15, 0.2) is 5.58 Å². The number of hydrogen-bond donors (Lipinski definition) is 1. The van der Waals surface area contributed by atoms with Crippen LogP contribution in [0.5, 0.6) is 0 Å². The van der Waals surface area contributed by atoms with Crippen LogP contribution in [0.4, 0.5) is 0 Å². The van der Waals surface area contributed by atoms with Crippen molar-refractivity contribution in [2.45, 2.75) is 12.5 Å². The van der Waals surface area contributed by atoms with Crippen molar-refractivity contribution in [2.24, 2.45) is 5.73 Å². The molecule has 0 saturated carbocycles. The van der Waals surface area contributed by atoms with Gasteiger partial charge in [-0.3, -0.25) is 0 Å². The molecule has 3 aromatic rings. The Kier molecular flexibility index (Phi) is 3.19. The van der Waals surface area contributed by atoms with Gasteiger partial charge < -0.3 is 10.3 Å². The minimum Gasteiger partial charge on any atom is -0.356 e. The van der Waals surface area contributed by atoms with Gasteiger partial charge in [-0.25, -0.2) is 0 Å². The van der Waals surface area contributed by atoms with Crippen molar-refractivity contribution in [1.82, 2.24) is 5.16 Å². The van der Waals surface area contributed by atoms with Gasteiger partial charge in [-0.05, 0) is 30.7 Å². The van der Waals surface area contributed by atoms with Gasteiger partial charge in [-0.15, -0.1) is 17.9 Å². The van der Waals surface area contributed by atoms with E-state index in [0.29, 0.717) is 0 Å². The van der Waals surface area contributed by atoms with E-state index in [0.717, 1.165) is 32.8 Å². The third kappa shape index (κ3) is 2.20.